The van der Waals surface area contributed by atoms with Crippen molar-refractivity contribution in [2.24, 2.45) is 0 Å². The summed E-state index contributed by atoms with van der Waals surface area (Å²) < 4.78 is 63.0. The van der Waals surface area contributed by atoms with E-state index in [9.17, 15) is 17.6 Å². The van der Waals surface area contributed by atoms with Crippen molar-refractivity contribution in [2.75, 3.05) is 0 Å². The second kappa shape index (κ2) is 8.08. The Balaban J connectivity index is 1.44. The van der Waals surface area contributed by atoms with Gasteiger partial charge in [-0.1, -0.05) is 30.3 Å². The van der Waals surface area contributed by atoms with E-state index < -0.39 is 23.7 Å². The SMILES string of the molecule is Fc1ccc(OC2=C[C@H](c3ccc(Oc4ccccc4)cc3)ON2)cc1C(F)(F)F. The standard InChI is InChI=1S/C22H15F4NO3/c23-19-11-10-17(12-18(19)22(24,25)26)29-21-13-20(30-27-21)14-6-8-16(9-7-14)28-15-4-2-1-3-5-15/h1-13,20,27H/t20-/m1/s1. The number of ether oxygens (including phenoxy) is 2. The zero-order chi connectivity index (χ0) is 21.1. The summed E-state index contributed by atoms with van der Waals surface area (Å²) in [5.41, 5.74) is 1.89. The van der Waals surface area contributed by atoms with Crippen LogP contribution in [0.2, 0.25) is 0 Å². The number of halogens is 4. The molecule has 0 aromatic heterocycles. The molecule has 0 fully saturated rings. The van der Waals surface area contributed by atoms with Crippen molar-refractivity contribution in [1.29, 1.82) is 0 Å². The molecule has 1 aliphatic rings. The molecule has 4 nitrogen and oxygen atoms in total. The maximum Gasteiger partial charge on any atom is 0.419 e. The fourth-order valence-electron chi connectivity index (χ4n) is 2.81. The third-order valence-corrected chi connectivity index (χ3v) is 4.25. The van der Waals surface area contributed by atoms with Gasteiger partial charge in [0, 0.05) is 6.08 Å². The summed E-state index contributed by atoms with van der Waals surface area (Å²) >= 11 is 0. The molecule has 3 aromatic rings. The first-order valence-corrected chi connectivity index (χ1v) is 8.89. The Hall–Kier alpha value is -3.52. The smallest absolute Gasteiger partial charge is 0.419 e. The molecule has 0 unspecified atom stereocenters. The van der Waals surface area contributed by atoms with Crippen LogP contribution in [0.5, 0.6) is 17.2 Å². The van der Waals surface area contributed by atoms with E-state index in [1.54, 1.807) is 30.3 Å². The van der Waals surface area contributed by atoms with Crippen molar-refractivity contribution < 1.29 is 31.9 Å². The van der Waals surface area contributed by atoms with E-state index in [1.165, 1.54) is 0 Å². The highest BCUT2D eigenvalue weighted by Crippen LogP contribution is 2.34. The van der Waals surface area contributed by atoms with E-state index in [0.29, 0.717) is 23.6 Å². The monoisotopic (exact) mass is 417 g/mol. The van der Waals surface area contributed by atoms with Gasteiger partial charge in [0.15, 0.2) is 0 Å². The molecule has 0 saturated carbocycles. The van der Waals surface area contributed by atoms with Gasteiger partial charge in [0.25, 0.3) is 0 Å². The number of benzene rings is 3. The highest BCUT2D eigenvalue weighted by atomic mass is 19.4. The molecule has 1 atom stereocenters. The summed E-state index contributed by atoms with van der Waals surface area (Å²) in [6, 6.07) is 18.8. The third kappa shape index (κ3) is 4.55. The van der Waals surface area contributed by atoms with Crippen LogP contribution in [-0.2, 0) is 11.0 Å². The Kier molecular flexibility index (Phi) is 5.33. The number of hydrogen-bond donors (Lipinski definition) is 1. The predicted octanol–water partition coefficient (Wildman–Crippen LogP) is 6.13. The van der Waals surface area contributed by atoms with Gasteiger partial charge in [0.2, 0.25) is 5.88 Å². The summed E-state index contributed by atoms with van der Waals surface area (Å²) in [5.74, 6) is -0.0858. The lowest BCUT2D eigenvalue weighted by Crippen LogP contribution is -2.13. The van der Waals surface area contributed by atoms with Crippen molar-refractivity contribution in [3.8, 4) is 17.2 Å². The van der Waals surface area contributed by atoms with Crippen LogP contribution in [-0.4, -0.2) is 0 Å². The molecule has 1 aliphatic heterocycles. The quantitative estimate of drug-likeness (QED) is 0.507. The molecule has 1 heterocycles. The van der Waals surface area contributed by atoms with Gasteiger partial charge in [0.05, 0.1) is 5.56 Å². The number of alkyl halides is 3. The maximum atomic E-state index is 13.4. The van der Waals surface area contributed by atoms with Crippen molar-refractivity contribution in [1.82, 2.24) is 5.48 Å². The van der Waals surface area contributed by atoms with Crippen molar-refractivity contribution in [3.63, 3.8) is 0 Å². The fourth-order valence-corrected chi connectivity index (χ4v) is 2.81. The first-order valence-electron chi connectivity index (χ1n) is 8.89. The number of nitrogens with one attached hydrogen (secondary N) is 1. The number of hydrogen-bond acceptors (Lipinski definition) is 4. The Morgan fingerprint density at radius 1 is 0.800 bits per heavy atom. The minimum Gasteiger partial charge on any atom is -0.457 e. The molecule has 4 rings (SSSR count). The van der Waals surface area contributed by atoms with Gasteiger partial charge in [-0.3, -0.25) is 4.84 Å². The summed E-state index contributed by atoms with van der Waals surface area (Å²) in [6.07, 6.45) is -3.78. The van der Waals surface area contributed by atoms with Crippen LogP contribution in [0.25, 0.3) is 0 Å². The van der Waals surface area contributed by atoms with Crippen LogP contribution in [0, 0.1) is 5.82 Å². The average Bonchev–Trinajstić information content (AvgIpc) is 3.18. The number of rotatable bonds is 5. The van der Waals surface area contributed by atoms with Gasteiger partial charge in [-0.2, -0.15) is 13.2 Å². The Morgan fingerprint density at radius 2 is 1.47 bits per heavy atom. The van der Waals surface area contributed by atoms with E-state index in [2.05, 4.69) is 5.48 Å². The predicted molar refractivity (Wildman–Crippen MR) is 100 cm³/mol. The molecule has 0 spiro atoms. The minimum atomic E-state index is -4.82. The minimum absolute atomic E-state index is 0.101. The molecule has 3 aromatic carbocycles. The van der Waals surface area contributed by atoms with Gasteiger partial charge in [-0.05, 0) is 48.0 Å². The number of hydroxylamine groups is 1. The first-order chi connectivity index (χ1) is 14.4. The molecule has 0 amide bonds. The first kappa shape index (κ1) is 19.8. The van der Waals surface area contributed by atoms with E-state index >= 15 is 0 Å². The van der Waals surface area contributed by atoms with E-state index in [1.807, 2.05) is 30.3 Å². The third-order valence-electron chi connectivity index (χ3n) is 4.25. The summed E-state index contributed by atoms with van der Waals surface area (Å²) in [6.45, 7) is 0. The Morgan fingerprint density at radius 3 is 2.17 bits per heavy atom. The van der Waals surface area contributed by atoms with E-state index in [0.717, 1.165) is 11.6 Å². The number of para-hydroxylation sites is 1. The molecule has 1 N–H and O–H groups in total. The Bertz CT molecular complexity index is 1050. The van der Waals surface area contributed by atoms with Crippen LogP contribution in [0.15, 0.2) is 84.8 Å². The van der Waals surface area contributed by atoms with Crippen LogP contribution < -0.4 is 15.0 Å². The zero-order valence-electron chi connectivity index (χ0n) is 15.3. The van der Waals surface area contributed by atoms with Gasteiger partial charge >= 0.3 is 6.18 Å². The molecule has 8 heteroatoms. The molecule has 154 valence electrons. The molecular formula is C22H15F4NO3. The molecule has 0 aliphatic carbocycles. The van der Waals surface area contributed by atoms with Crippen LogP contribution in [0.1, 0.15) is 17.2 Å². The molecule has 0 saturated heterocycles. The fraction of sp³-hybridized carbons (Fsp3) is 0.0909. The van der Waals surface area contributed by atoms with Crippen molar-refractivity contribution in [3.05, 3.63) is 102 Å². The normalized spacial score (nSPS) is 16.0. The topological polar surface area (TPSA) is 39.7 Å². The van der Waals surface area contributed by atoms with Crippen LogP contribution in [0.4, 0.5) is 17.6 Å². The van der Waals surface area contributed by atoms with Crippen molar-refractivity contribution in [2.45, 2.75) is 12.3 Å². The molecule has 0 radical (unpaired) electrons. The molecule has 30 heavy (non-hydrogen) atoms. The zero-order valence-corrected chi connectivity index (χ0v) is 15.3. The summed E-state index contributed by atoms with van der Waals surface area (Å²) in [4.78, 5) is 5.40. The molecular weight excluding hydrogens is 402 g/mol. The lowest BCUT2D eigenvalue weighted by molar-refractivity contribution is -0.140. The Labute approximate surface area is 169 Å². The summed E-state index contributed by atoms with van der Waals surface area (Å²) in [5, 5.41) is 0. The summed E-state index contributed by atoms with van der Waals surface area (Å²) in [7, 11) is 0. The van der Waals surface area contributed by atoms with Gasteiger partial charge in [-0.25, -0.2) is 9.87 Å². The van der Waals surface area contributed by atoms with E-state index in [-0.39, 0.29) is 11.6 Å². The average molecular weight is 417 g/mol. The maximum absolute atomic E-state index is 13.4. The van der Waals surface area contributed by atoms with Gasteiger partial charge in [-0.15, -0.1) is 0 Å². The van der Waals surface area contributed by atoms with Crippen LogP contribution in [0.3, 0.4) is 0 Å². The molecule has 0 bridgehead atoms. The van der Waals surface area contributed by atoms with Crippen molar-refractivity contribution >= 4 is 0 Å². The largest absolute Gasteiger partial charge is 0.457 e. The lowest BCUT2D eigenvalue weighted by atomic mass is 10.1. The highest BCUT2D eigenvalue weighted by molar-refractivity contribution is 5.36. The second-order valence-electron chi connectivity index (χ2n) is 6.40. The lowest BCUT2D eigenvalue weighted by Gasteiger charge is -2.11. The van der Waals surface area contributed by atoms with Gasteiger partial charge in [0.1, 0.15) is 29.2 Å². The highest BCUT2D eigenvalue weighted by Gasteiger charge is 2.34. The van der Waals surface area contributed by atoms with E-state index in [4.69, 9.17) is 14.3 Å². The van der Waals surface area contributed by atoms with Crippen LogP contribution >= 0.6 is 0 Å². The second-order valence-corrected chi connectivity index (χ2v) is 6.40. The van der Waals surface area contributed by atoms with Gasteiger partial charge < -0.3 is 9.47 Å².